The van der Waals surface area contributed by atoms with Gasteiger partial charge >= 0.3 is 0 Å². The van der Waals surface area contributed by atoms with Crippen LogP contribution in [0.1, 0.15) is 34.1 Å². The monoisotopic (exact) mass is 402 g/mol. The number of anilines is 1. The van der Waals surface area contributed by atoms with E-state index in [2.05, 4.69) is 29.2 Å². The third-order valence-electron chi connectivity index (χ3n) is 7.31. The van der Waals surface area contributed by atoms with E-state index in [1.807, 2.05) is 54.6 Å². The van der Waals surface area contributed by atoms with Crippen LogP contribution in [-0.4, -0.2) is 16.8 Å². The van der Waals surface area contributed by atoms with E-state index >= 15 is 0 Å². The van der Waals surface area contributed by atoms with Crippen LogP contribution in [0.3, 0.4) is 0 Å². The zero-order valence-corrected chi connectivity index (χ0v) is 16.6. The summed E-state index contributed by atoms with van der Waals surface area (Å²) in [4.78, 5) is 33.6. The number of pyridine rings is 1. The first-order valence-electron chi connectivity index (χ1n) is 10.6. The molecule has 4 aliphatic rings. The molecule has 0 saturated carbocycles. The van der Waals surface area contributed by atoms with Crippen LogP contribution in [0.15, 0.2) is 85.1 Å². The molecule has 148 valence electrons. The molecule has 31 heavy (non-hydrogen) atoms. The lowest BCUT2D eigenvalue weighted by Crippen LogP contribution is -2.41. The highest BCUT2D eigenvalue weighted by atomic mass is 16.2. The molecule has 2 heterocycles. The molecule has 1 aliphatic heterocycles. The fraction of sp³-hybridized carbons (Fsp3) is 0.148. The Labute approximate surface area is 179 Å². The predicted molar refractivity (Wildman–Crippen MR) is 118 cm³/mol. The van der Waals surface area contributed by atoms with Gasteiger partial charge in [-0.25, -0.2) is 4.90 Å². The molecule has 0 N–H and O–H groups in total. The SMILES string of the molecule is O=C1[C@@H]2C3c4ccccc4C(c4ccccc43)[C@@H]2C(=O)N1c1cccc2ncccc12. The highest BCUT2D eigenvalue weighted by Crippen LogP contribution is 2.61. The maximum absolute atomic E-state index is 13.9. The maximum Gasteiger partial charge on any atom is 0.238 e. The van der Waals surface area contributed by atoms with E-state index in [9.17, 15) is 9.59 Å². The minimum atomic E-state index is -0.366. The molecule has 2 amide bonds. The van der Waals surface area contributed by atoms with Gasteiger partial charge in [-0.2, -0.15) is 0 Å². The molecule has 1 fully saturated rings. The first-order valence-corrected chi connectivity index (χ1v) is 10.6. The zero-order valence-electron chi connectivity index (χ0n) is 16.6. The van der Waals surface area contributed by atoms with E-state index in [1.165, 1.54) is 27.2 Å². The van der Waals surface area contributed by atoms with Crippen molar-refractivity contribution >= 4 is 28.4 Å². The summed E-state index contributed by atoms with van der Waals surface area (Å²) < 4.78 is 0. The topological polar surface area (TPSA) is 50.3 Å². The first-order chi connectivity index (χ1) is 15.3. The number of aromatic nitrogens is 1. The quantitative estimate of drug-likeness (QED) is 0.436. The van der Waals surface area contributed by atoms with Crippen LogP contribution in [-0.2, 0) is 9.59 Å². The lowest BCUT2D eigenvalue weighted by molar-refractivity contribution is -0.122. The zero-order chi connectivity index (χ0) is 20.7. The Bertz CT molecular complexity index is 1300. The Morgan fingerprint density at radius 2 is 1.16 bits per heavy atom. The molecule has 3 aromatic carbocycles. The van der Waals surface area contributed by atoms with Gasteiger partial charge in [0, 0.05) is 23.4 Å². The van der Waals surface area contributed by atoms with Crippen molar-refractivity contribution in [1.82, 2.24) is 4.98 Å². The molecule has 0 radical (unpaired) electrons. The van der Waals surface area contributed by atoms with Crippen LogP contribution < -0.4 is 4.90 Å². The molecule has 8 rings (SSSR count). The molecule has 1 saturated heterocycles. The number of benzene rings is 3. The minimum absolute atomic E-state index is 0.0862. The van der Waals surface area contributed by atoms with Crippen molar-refractivity contribution in [2.75, 3.05) is 4.90 Å². The Kier molecular flexibility index (Phi) is 3.22. The van der Waals surface area contributed by atoms with Gasteiger partial charge in [-0.1, -0.05) is 54.6 Å². The summed E-state index contributed by atoms with van der Waals surface area (Å²) in [5, 5.41) is 0.827. The third kappa shape index (κ3) is 2.02. The standard InChI is InChI=1S/C27H18N2O2/c30-26-24-22-15-7-1-2-8-16(15)23(18-10-4-3-9-17(18)22)25(24)27(31)29(26)21-13-5-12-20-19(21)11-6-14-28-20/h1-14,22-25H/t22?,23?,24-,25+. The van der Waals surface area contributed by atoms with Crippen molar-refractivity contribution < 1.29 is 9.59 Å². The molecule has 4 heteroatoms. The molecule has 2 atom stereocenters. The Morgan fingerprint density at radius 1 is 0.613 bits per heavy atom. The van der Waals surface area contributed by atoms with Gasteiger partial charge < -0.3 is 0 Å². The van der Waals surface area contributed by atoms with Crippen molar-refractivity contribution in [3.05, 3.63) is 107 Å². The number of carbonyl (C=O) groups is 2. The molecular formula is C27H18N2O2. The number of hydrogen-bond acceptors (Lipinski definition) is 3. The van der Waals surface area contributed by atoms with Gasteiger partial charge in [-0.3, -0.25) is 14.6 Å². The molecule has 0 spiro atoms. The summed E-state index contributed by atoms with van der Waals surface area (Å²) in [6, 6.07) is 26.1. The highest BCUT2D eigenvalue weighted by Gasteiger charge is 2.61. The molecule has 3 aliphatic carbocycles. The second kappa shape index (κ2) is 5.88. The summed E-state index contributed by atoms with van der Waals surface area (Å²) in [7, 11) is 0. The van der Waals surface area contributed by atoms with E-state index in [1.54, 1.807) is 6.20 Å². The average Bonchev–Trinajstić information content (AvgIpc) is 3.09. The van der Waals surface area contributed by atoms with Crippen molar-refractivity contribution in [2.45, 2.75) is 11.8 Å². The summed E-state index contributed by atoms with van der Waals surface area (Å²) in [5.74, 6) is -1.09. The minimum Gasteiger partial charge on any atom is -0.274 e. The highest BCUT2D eigenvalue weighted by molar-refractivity contribution is 6.26. The van der Waals surface area contributed by atoms with Crippen molar-refractivity contribution in [3.63, 3.8) is 0 Å². The van der Waals surface area contributed by atoms with Crippen LogP contribution in [0.2, 0.25) is 0 Å². The normalized spacial score (nSPS) is 25.5. The number of carbonyl (C=O) groups excluding carboxylic acids is 2. The molecule has 0 unspecified atom stereocenters. The second-order valence-corrected chi connectivity index (χ2v) is 8.62. The second-order valence-electron chi connectivity index (χ2n) is 8.62. The third-order valence-corrected chi connectivity index (χ3v) is 7.31. The van der Waals surface area contributed by atoms with Crippen molar-refractivity contribution in [3.8, 4) is 0 Å². The number of hydrogen-bond donors (Lipinski definition) is 0. The van der Waals surface area contributed by atoms with Gasteiger partial charge in [0.25, 0.3) is 0 Å². The predicted octanol–water partition coefficient (Wildman–Crippen LogP) is 4.63. The Hall–Kier alpha value is -3.79. The van der Waals surface area contributed by atoms with Crippen LogP contribution >= 0.6 is 0 Å². The molecule has 2 bridgehead atoms. The van der Waals surface area contributed by atoms with Crippen LogP contribution in [0.4, 0.5) is 5.69 Å². The van der Waals surface area contributed by atoms with Gasteiger partial charge in [-0.05, 0) is 46.5 Å². The largest absolute Gasteiger partial charge is 0.274 e. The number of rotatable bonds is 1. The summed E-state index contributed by atoms with van der Waals surface area (Å²) >= 11 is 0. The van der Waals surface area contributed by atoms with Crippen LogP contribution in [0, 0.1) is 11.8 Å². The van der Waals surface area contributed by atoms with Crippen molar-refractivity contribution in [1.29, 1.82) is 0 Å². The molecule has 4 aromatic rings. The van der Waals surface area contributed by atoms with Crippen molar-refractivity contribution in [2.24, 2.45) is 11.8 Å². The Morgan fingerprint density at radius 3 is 1.71 bits per heavy atom. The first kappa shape index (κ1) is 16.9. The van der Waals surface area contributed by atoms with Gasteiger partial charge in [0.1, 0.15) is 0 Å². The number of imide groups is 1. The summed E-state index contributed by atoms with van der Waals surface area (Å²) in [6.45, 7) is 0. The summed E-state index contributed by atoms with van der Waals surface area (Å²) in [6.07, 6.45) is 1.73. The number of amides is 2. The van der Waals surface area contributed by atoms with E-state index in [0.29, 0.717) is 5.69 Å². The van der Waals surface area contributed by atoms with E-state index in [4.69, 9.17) is 0 Å². The Balaban J connectivity index is 1.47. The smallest absolute Gasteiger partial charge is 0.238 e. The molecular weight excluding hydrogens is 384 g/mol. The average molecular weight is 402 g/mol. The van der Waals surface area contributed by atoms with Gasteiger partial charge in [0.05, 0.1) is 23.0 Å². The van der Waals surface area contributed by atoms with Crippen LogP contribution in [0.5, 0.6) is 0 Å². The van der Waals surface area contributed by atoms with Crippen LogP contribution in [0.25, 0.3) is 10.9 Å². The van der Waals surface area contributed by atoms with E-state index < -0.39 is 0 Å². The van der Waals surface area contributed by atoms with Gasteiger partial charge in [-0.15, -0.1) is 0 Å². The fourth-order valence-corrected chi connectivity index (χ4v) is 6.20. The summed E-state index contributed by atoms with van der Waals surface area (Å²) in [5.41, 5.74) is 6.18. The number of nitrogens with zero attached hydrogens (tertiary/aromatic N) is 2. The molecule has 1 aromatic heterocycles. The van der Waals surface area contributed by atoms with Gasteiger partial charge in [0.2, 0.25) is 11.8 Å². The molecule has 4 nitrogen and oxygen atoms in total. The van der Waals surface area contributed by atoms with E-state index in [0.717, 1.165) is 10.9 Å². The lowest BCUT2D eigenvalue weighted by Gasteiger charge is -2.45. The van der Waals surface area contributed by atoms with E-state index in [-0.39, 0.29) is 35.5 Å². The lowest BCUT2D eigenvalue weighted by atomic mass is 9.55. The number of fused-ring (bicyclic) bond motifs is 1. The fourth-order valence-electron chi connectivity index (χ4n) is 6.20. The maximum atomic E-state index is 13.9. The van der Waals surface area contributed by atoms with Gasteiger partial charge in [0.15, 0.2) is 0 Å².